The van der Waals surface area contributed by atoms with Crippen LogP contribution in [0.5, 0.6) is 0 Å². The molecular formula is C46H57N5O3S2. The van der Waals surface area contributed by atoms with Crippen LogP contribution in [0.3, 0.4) is 0 Å². The van der Waals surface area contributed by atoms with Gasteiger partial charge < -0.3 is 15.1 Å². The minimum atomic E-state index is -0.439. The van der Waals surface area contributed by atoms with Crippen LogP contribution in [0.1, 0.15) is 126 Å². The fraction of sp³-hybridized carbons (Fsp3) is 0.543. The fourth-order valence-corrected chi connectivity index (χ4v) is 11.2. The Balaban J connectivity index is 0.891. The molecule has 8 nitrogen and oxygen atoms in total. The maximum Gasteiger partial charge on any atom is 0.245 e. The molecule has 3 amide bonds. The molecule has 0 spiro atoms. The first-order valence-electron chi connectivity index (χ1n) is 21.4. The van der Waals surface area contributed by atoms with Crippen LogP contribution < -0.4 is 5.32 Å². The van der Waals surface area contributed by atoms with Gasteiger partial charge in [-0.1, -0.05) is 94.0 Å². The van der Waals surface area contributed by atoms with Crippen LogP contribution in [0.2, 0.25) is 0 Å². The van der Waals surface area contributed by atoms with Gasteiger partial charge in [0.25, 0.3) is 0 Å². The zero-order valence-corrected chi connectivity index (χ0v) is 34.6. The summed E-state index contributed by atoms with van der Waals surface area (Å²) in [5, 5.41) is 5.17. The largest absolute Gasteiger partial charge is 0.344 e. The quantitative estimate of drug-likeness (QED) is 0.137. The third kappa shape index (κ3) is 9.28. The lowest BCUT2D eigenvalue weighted by Gasteiger charge is -2.34. The average Bonchev–Trinajstić information content (AvgIpc) is 3.55. The summed E-state index contributed by atoms with van der Waals surface area (Å²) >= 11 is 3.36. The van der Waals surface area contributed by atoms with E-state index in [9.17, 15) is 14.4 Å². The number of thiazole rings is 2. The molecule has 8 rings (SSSR count). The van der Waals surface area contributed by atoms with Crippen LogP contribution in [0.15, 0.2) is 60.9 Å². The van der Waals surface area contributed by atoms with Crippen LogP contribution in [-0.2, 0) is 20.9 Å². The van der Waals surface area contributed by atoms with Gasteiger partial charge in [-0.3, -0.25) is 14.4 Å². The van der Waals surface area contributed by atoms with Gasteiger partial charge in [0.15, 0.2) is 0 Å². The number of rotatable bonds is 14. The van der Waals surface area contributed by atoms with E-state index in [2.05, 4.69) is 65.7 Å². The van der Waals surface area contributed by atoms with Gasteiger partial charge in [0.05, 0.1) is 22.3 Å². The average molecular weight is 792 g/mol. The van der Waals surface area contributed by atoms with E-state index in [0.717, 1.165) is 106 Å². The first-order chi connectivity index (χ1) is 27.4. The van der Waals surface area contributed by atoms with Gasteiger partial charge in [-0.15, -0.1) is 22.7 Å². The third-order valence-corrected chi connectivity index (χ3v) is 14.7. The second-order valence-corrected chi connectivity index (χ2v) is 18.9. The van der Waals surface area contributed by atoms with E-state index in [0.29, 0.717) is 31.3 Å². The Morgan fingerprint density at radius 1 is 0.750 bits per heavy atom. The van der Waals surface area contributed by atoms with Gasteiger partial charge in [0, 0.05) is 37.8 Å². The number of carbonyl (C=O) groups is 3. The normalized spacial score (nSPS) is 19.9. The Morgan fingerprint density at radius 3 is 2.00 bits per heavy atom. The van der Waals surface area contributed by atoms with E-state index < -0.39 is 6.04 Å². The Kier molecular flexibility index (Phi) is 12.6. The molecule has 296 valence electrons. The lowest BCUT2D eigenvalue weighted by Crippen LogP contribution is -2.53. The number of hydrogen-bond donors (Lipinski definition) is 1. The molecule has 2 atom stereocenters. The zero-order chi connectivity index (χ0) is 38.4. The predicted octanol–water partition coefficient (Wildman–Crippen LogP) is 10.4. The summed E-state index contributed by atoms with van der Waals surface area (Å²) < 4.78 is 0. The lowest BCUT2D eigenvalue weighted by molar-refractivity contribution is -0.139. The number of carbonyl (C=O) groups excluding carboxylic acids is 3. The van der Waals surface area contributed by atoms with Gasteiger partial charge in [0.2, 0.25) is 17.7 Å². The van der Waals surface area contributed by atoms with Crippen LogP contribution in [0.25, 0.3) is 32.0 Å². The minimum Gasteiger partial charge on any atom is -0.344 e. The highest BCUT2D eigenvalue weighted by molar-refractivity contribution is 7.15. The topological polar surface area (TPSA) is 95.5 Å². The molecule has 0 unspecified atom stereocenters. The van der Waals surface area contributed by atoms with Crippen molar-refractivity contribution in [3.8, 4) is 32.0 Å². The van der Waals surface area contributed by atoms with Gasteiger partial charge in [-0.2, -0.15) is 0 Å². The number of likely N-dealkylation sites (tertiary alicyclic amines) is 1. The third-order valence-electron chi connectivity index (χ3n) is 12.6. The highest BCUT2D eigenvalue weighted by Crippen LogP contribution is 2.39. The van der Waals surface area contributed by atoms with E-state index in [1.54, 1.807) is 22.7 Å². The number of nitrogens with zero attached hydrogens (tertiary/aromatic N) is 4. The lowest BCUT2D eigenvalue weighted by atomic mass is 9.83. The molecular weight excluding hydrogens is 735 g/mol. The number of aromatic nitrogens is 2. The van der Waals surface area contributed by atoms with Crippen LogP contribution in [0, 0.1) is 17.8 Å². The summed E-state index contributed by atoms with van der Waals surface area (Å²) in [6.07, 6.45) is 21.1. The number of amides is 3. The summed E-state index contributed by atoms with van der Waals surface area (Å²) in [7, 11) is 0. The fourth-order valence-electron chi connectivity index (χ4n) is 9.19. The Morgan fingerprint density at radius 2 is 1.36 bits per heavy atom. The summed E-state index contributed by atoms with van der Waals surface area (Å²) in [6.45, 7) is 4.06. The smallest absolute Gasteiger partial charge is 0.245 e. The van der Waals surface area contributed by atoms with Crippen LogP contribution in [0.4, 0.5) is 0 Å². The molecule has 3 saturated carbocycles. The molecule has 2 aromatic carbocycles. The van der Waals surface area contributed by atoms with Crippen molar-refractivity contribution in [1.29, 1.82) is 0 Å². The van der Waals surface area contributed by atoms with Crippen molar-refractivity contribution < 1.29 is 14.4 Å². The van der Waals surface area contributed by atoms with Crippen LogP contribution >= 0.6 is 22.7 Å². The Hall–Kier alpha value is -3.89. The van der Waals surface area contributed by atoms with E-state index >= 15 is 0 Å². The molecule has 4 fully saturated rings. The Labute approximate surface area is 340 Å². The summed E-state index contributed by atoms with van der Waals surface area (Å²) in [5.74, 6) is 1.28. The zero-order valence-electron chi connectivity index (χ0n) is 32.9. The molecule has 1 saturated heterocycles. The van der Waals surface area contributed by atoms with Crippen molar-refractivity contribution >= 4 is 40.4 Å². The first-order valence-corrected chi connectivity index (χ1v) is 23.1. The minimum absolute atomic E-state index is 0.0488. The number of benzene rings is 2. The molecule has 0 radical (unpaired) electrons. The highest BCUT2D eigenvalue weighted by Gasteiger charge is 2.38. The number of hydrogen-bond acceptors (Lipinski definition) is 7. The number of nitrogens with one attached hydrogen (secondary N) is 1. The van der Waals surface area contributed by atoms with E-state index in [-0.39, 0.29) is 29.7 Å². The maximum atomic E-state index is 14.1. The van der Waals surface area contributed by atoms with Crippen molar-refractivity contribution in [2.75, 3.05) is 13.1 Å². The summed E-state index contributed by atoms with van der Waals surface area (Å²) in [4.78, 5) is 56.1. The van der Waals surface area contributed by atoms with Crippen LogP contribution in [-0.4, -0.2) is 56.6 Å². The van der Waals surface area contributed by atoms with Crippen molar-refractivity contribution in [1.82, 2.24) is 25.1 Å². The second-order valence-electron chi connectivity index (χ2n) is 16.7. The second kappa shape index (κ2) is 18.1. The van der Waals surface area contributed by atoms with Gasteiger partial charge >= 0.3 is 0 Å². The van der Waals surface area contributed by atoms with E-state index in [1.165, 1.54) is 38.5 Å². The molecule has 10 heteroatoms. The summed E-state index contributed by atoms with van der Waals surface area (Å²) in [6, 6.07) is 17.0. The Bertz CT molecular complexity index is 1940. The molecule has 56 heavy (non-hydrogen) atoms. The van der Waals surface area contributed by atoms with Gasteiger partial charge in [-0.05, 0) is 91.9 Å². The van der Waals surface area contributed by atoms with Gasteiger partial charge in [0.1, 0.15) is 16.1 Å². The molecule has 3 heterocycles. The van der Waals surface area contributed by atoms with Crippen molar-refractivity contribution in [2.24, 2.45) is 17.8 Å². The molecule has 1 N–H and O–H groups in total. The van der Waals surface area contributed by atoms with Crippen molar-refractivity contribution in [3.63, 3.8) is 0 Å². The maximum absolute atomic E-state index is 14.1. The SMILES string of the molecule is CCCN(Cc1ncc(-c2ccc(-c3ccc(-c4cnc([C@@H]5CCCN5C(=O)CC5CCCCC5)s4)cc3)cc2)s1)C(=O)[C@H](NC(=O)C1CC1)C1CCCCC1. The standard InChI is InChI=1S/C46H57N5O3S2/c1-2-25-50(46(54)43(36-12-7-4-8-13-36)49-44(53)37-23-24-37)30-41-47-28-39(55-41)34-19-15-32(16-20-34)33-17-21-35(22-18-33)40-29-48-45(56-40)38-14-9-26-51(38)42(52)27-31-10-5-3-6-11-31/h15-22,28-29,31,36-38,43H,2-14,23-27,30H2,1H3,(H,49,53)/t38-,43+/m0/s1. The molecule has 3 aliphatic carbocycles. The molecule has 4 aliphatic rings. The van der Waals surface area contributed by atoms with Gasteiger partial charge in [-0.25, -0.2) is 9.97 Å². The van der Waals surface area contributed by atoms with E-state index in [1.807, 2.05) is 17.3 Å². The predicted molar refractivity (Wildman–Crippen MR) is 226 cm³/mol. The molecule has 0 bridgehead atoms. The summed E-state index contributed by atoms with van der Waals surface area (Å²) in [5.41, 5.74) is 4.56. The van der Waals surface area contributed by atoms with Crippen molar-refractivity contribution in [3.05, 3.63) is 70.9 Å². The van der Waals surface area contributed by atoms with Crippen molar-refractivity contribution in [2.45, 2.75) is 128 Å². The molecule has 2 aromatic heterocycles. The monoisotopic (exact) mass is 791 g/mol. The van der Waals surface area contributed by atoms with E-state index in [4.69, 9.17) is 9.97 Å². The molecule has 4 aromatic rings. The highest BCUT2D eigenvalue weighted by atomic mass is 32.1. The first kappa shape index (κ1) is 39.0. The molecule has 1 aliphatic heterocycles.